The van der Waals surface area contributed by atoms with E-state index in [-0.39, 0.29) is 11.7 Å². The Bertz CT molecular complexity index is 877. The fourth-order valence-electron chi connectivity index (χ4n) is 2.55. The molecule has 1 heterocycles. The van der Waals surface area contributed by atoms with E-state index < -0.39 is 0 Å². The molecule has 0 fully saturated rings. The summed E-state index contributed by atoms with van der Waals surface area (Å²) in [5.74, 6) is -0.198. The molecule has 0 aliphatic carbocycles. The number of phenolic OH excluding ortho intramolecular Hbond substituents is 1. The molecule has 0 unspecified atom stereocenters. The van der Waals surface area contributed by atoms with E-state index in [9.17, 15) is 9.90 Å². The van der Waals surface area contributed by atoms with Crippen LogP contribution in [-0.2, 0) is 13.1 Å². The molecule has 2 aromatic carbocycles. The third-order valence-electron chi connectivity index (χ3n) is 3.95. The Labute approximate surface area is 150 Å². The van der Waals surface area contributed by atoms with Crippen LogP contribution in [0.3, 0.4) is 0 Å². The maximum absolute atomic E-state index is 13.1. The minimum Gasteiger partial charge on any atom is -0.508 e. The van der Waals surface area contributed by atoms with Crippen molar-refractivity contribution in [3.05, 3.63) is 75.7 Å². The van der Waals surface area contributed by atoms with Gasteiger partial charge >= 0.3 is 0 Å². The monoisotopic (exact) mass is 353 g/mol. The van der Waals surface area contributed by atoms with Crippen molar-refractivity contribution in [1.82, 2.24) is 9.88 Å². The van der Waals surface area contributed by atoms with Crippen LogP contribution in [0.1, 0.15) is 26.5 Å². The molecule has 0 spiro atoms. The quantitative estimate of drug-likeness (QED) is 0.543. The van der Waals surface area contributed by atoms with Crippen LogP contribution < -0.4 is 5.73 Å². The summed E-state index contributed by atoms with van der Waals surface area (Å²) in [5, 5.41) is 9.72. The summed E-state index contributed by atoms with van der Waals surface area (Å²) in [6.45, 7) is 2.82. The van der Waals surface area contributed by atoms with Crippen molar-refractivity contribution in [2.75, 3.05) is 5.73 Å². The first-order chi connectivity index (χ1) is 12.0. The average Bonchev–Trinajstić information content (AvgIpc) is 3.01. The molecule has 1 aromatic heterocycles. The number of phenols is 1. The number of nitrogens with zero attached hydrogens (tertiary/aromatic N) is 2. The minimum atomic E-state index is -0.218. The predicted octanol–water partition coefficient (Wildman–Crippen LogP) is 3.58. The molecule has 3 rings (SSSR count). The fourth-order valence-corrected chi connectivity index (χ4v) is 3.35. The van der Waals surface area contributed by atoms with Gasteiger partial charge in [-0.2, -0.15) is 0 Å². The number of amides is 1. The number of aryl methyl sites for hydroxylation is 1. The van der Waals surface area contributed by atoms with E-state index in [1.54, 1.807) is 16.5 Å². The molecule has 0 bridgehead atoms. The second kappa shape index (κ2) is 7.36. The van der Waals surface area contributed by atoms with Crippen molar-refractivity contribution in [1.29, 1.82) is 0 Å². The molecule has 128 valence electrons. The van der Waals surface area contributed by atoms with Crippen molar-refractivity contribution in [3.63, 3.8) is 0 Å². The number of hydrogen-bond acceptors (Lipinski definition) is 5. The van der Waals surface area contributed by atoms with E-state index in [1.165, 1.54) is 23.5 Å². The van der Waals surface area contributed by atoms with Gasteiger partial charge in [0.15, 0.2) is 0 Å². The highest BCUT2D eigenvalue weighted by molar-refractivity contribution is 7.09. The highest BCUT2D eigenvalue weighted by atomic mass is 32.1. The summed E-state index contributed by atoms with van der Waals surface area (Å²) in [6, 6.07) is 14.2. The third-order valence-corrected chi connectivity index (χ3v) is 4.87. The summed E-state index contributed by atoms with van der Waals surface area (Å²) in [4.78, 5) is 20.1. The zero-order valence-corrected chi connectivity index (χ0v) is 14.7. The topological polar surface area (TPSA) is 79.5 Å². The molecule has 0 atom stereocenters. The molecule has 0 aliphatic rings. The number of nitrogens with two attached hydrogens (primary N) is 1. The molecule has 3 N–H and O–H groups in total. The fraction of sp³-hybridized carbons (Fsp3) is 0.158. The molecule has 0 aliphatic heterocycles. The number of aromatic nitrogens is 1. The number of benzene rings is 2. The van der Waals surface area contributed by atoms with E-state index in [4.69, 9.17) is 5.73 Å². The predicted molar refractivity (Wildman–Crippen MR) is 99.4 cm³/mol. The highest BCUT2D eigenvalue weighted by Crippen LogP contribution is 2.24. The highest BCUT2D eigenvalue weighted by Gasteiger charge is 2.21. The Hall–Kier alpha value is -2.86. The first-order valence-electron chi connectivity index (χ1n) is 7.85. The van der Waals surface area contributed by atoms with Crippen LogP contribution >= 0.6 is 11.3 Å². The van der Waals surface area contributed by atoms with E-state index in [0.717, 1.165) is 16.1 Å². The largest absolute Gasteiger partial charge is 0.508 e. The molecule has 0 saturated carbocycles. The number of aromatic hydroxyl groups is 1. The van der Waals surface area contributed by atoms with E-state index in [0.29, 0.717) is 24.3 Å². The maximum Gasteiger partial charge on any atom is 0.256 e. The summed E-state index contributed by atoms with van der Waals surface area (Å²) < 4.78 is 0. The van der Waals surface area contributed by atoms with Gasteiger partial charge in [0, 0.05) is 17.1 Å². The first kappa shape index (κ1) is 17.0. The molecular formula is C19H19N3O2S. The second-order valence-corrected chi connectivity index (χ2v) is 6.72. The molecule has 0 saturated heterocycles. The average molecular weight is 353 g/mol. The van der Waals surface area contributed by atoms with Gasteiger partial charge in [-0.15, -0.1) is 11.3 Å². The van der Waals surface area contributed by atoms with Crippen LogP contribution in [0.15, 0.2) is 54.0 Å². The Morgan fingerprint density at radius 1 is 1.20 bits per heavy atom. The lowest BCUT2D eigenvalue weighted by molar-refractivity contribution is 0.0732. The van der Waals surface area contributed by atoms with Crippen molar-refractivity contribution in [2.45, 2.75) is 20.0 Å². The van der Waals surface area contributed by atoms with Crippen molar-refractivity contribution < 1.29 is 9.90 Å². The number of rotatable bonds is 5. The maximum atomic E-state index is 13.1. The van der Waals surface area contributed by atoms with E-state index >= 15 is 0 Å². The molecule has 3 aromatic rings. The van der Waals surface area contributed by atoms with Gasteiger partial charge in [0.1, 0.15) is 5.75 Å². The van der Waals surface area contributed by atoms with Crippen molar-refractivity contribution in [2.24, 2.45) is 0 Å². The molecule has 6 heteroatoms. The second-order valence-electron chi connectivity index (χ2n) is 5.78. The van der Waals surface area contributed by atoms with Crippen molar-refractivity contribution >= 4 is 22.9 Å². The summed E-state index contributed by atoms with van der Waals surface area (Å²) >= 11 is 1.52. The Morgan fingerprint density at radius 3 is 2.64 bits per heavy atom. The Morgan fingerprint density at radius 2 is 1.96 bits per heavy atom. The van der Waals surface area contributed by atoms with Gasteiger partial charge in [0.25, 0.3) is 5.91 Å². The van der Waals surface area contributed by atoms with Gasteiger partial charge in [0.2, 0.25) is 0 Å². The standard InChI is InChI=1S/C19H19N3O2S/c1-13-18(25-12-21-13)11-22(10-14-5-3-2-4-6-14)19(24)16-9-15(23)7-8-17(16)20/h2-9,12,23H,10-11,20H2,1H3. The molecule has 0 radical (unpaired) electrons. The summed E-state index contributed by atoms with van der Waals surface area (Å²) in [6.07, 6.45) is 0. The Kier molecular flexibility index (Phi) is 5.00. The first-order valence-corrected chi connectivity index (χ1v) is 8.73. The van der Waals surface area contributed by atoms with Crippen LogP contribution in [0.2, 0.25) is 0 Å². The smallest absolute Gasteiger partial charge is 0.256 e. The number of carbonyl (C=O) groups excluding carboxylic acids is 1. The number of nitrogen functional groups attached to an aromatic ring is 1. The Balaban J connectivity index is 1.93. The zero-order chi connectivity index (χ0) is 17.8. The van der Waals surface area contributed by atoms with Gasteiger partial charge < -0.3 is 15.7 Å². The molecule has 1 amide bonds. The van der Waals surface area contributed by atoms with Gasteiger partial charge in [-0.3, -0.25) is 4.79 Å². The lowest BCUT2D eigenvalue weighted by Crippen LogP contribution is -2.30. The number of anilines is 1. The lowest BCUT2D eigenvalue weighted by Gasteiger charge is -2.23. The van der Waals surface area contributed by atoms with Crippen LogP contribution in [0.25, 0.3) is 0 Å². The van der Waals surface area contributed by atoms with Gasteiger partial charge in [-0.1, -0.05) is 30.3 Å². The molecule has 25 heavy (non-hydrogen) atoms. The number of thiazole rings is 1. The number of hydrogen-bond donors (Lipinski definition) is 2. The van der Waals surface area contributed by atoms with Gasteiger partial charge in [-0.25, -0.2) is 4.98 Å². The lowest BCUT2D eigenvalue weighted by atomic mass is 10.1. The van der Waals surface area contributed by atoms with Crippen molar-refractivity contribution in [3.8, 4) is 5.75 Å². The van der Waals surface area contributed by atoms with Crippen LogP contribution in [0.4, 0.5) is 5.69 Å². The van der Waals surface area contributed by atoms with Gasteiger partial charge in [0.05, 0.1) is 23.3 Å². The van der Waals surface area contributed by atoms with Crippen LogP contribution in [-0.4, -0.2) is 20.9 Å². The normalized spacial score (nSPS) is 10.6. The van der Waals surface area contributed by atoms with Crippen LogP contribution in [0.5, 0.6) is 5.75 Å². The third kappa shape index (κ3) is 3.97. The minimum absolute atomic E-state index is 0.0196. The zero-order valence-electron chi connectivity index (χ0n) is 13.8. The van der Waals surface area contributed by atoms with Gasteiger partial charge in [-0.05, 0) is 30.7 Å². The van der Waals surface area contributed by atoms with E-state index in [1.807, 2.05) is 37.3 Å². The summed E-state index contributed by atoms with van der Waals surface area (Å²) in [7, 11) is 0. The van der Waals surface area contributed by atoms with E-state index in [2.05, 4.69) is 4.98 Å². The molecule has 5 nitrogen and oxygen atoms in total. The number of carbonyl (C=O) groups is 1. The molecular weight excluding hydrogens is 334 g/mol. The van der Waals surface area contributed by atoms with Crippen LogP contribution in [0, 0.1) is 6.92 Å². The summed E-state index contributed by atoms with van der Waals surface area (Å²) in [5.41, 5.74) is 10.3. The SMILES string of the molecule is Cc1ncsc1CN(Cc1ccccc1)C(=O)c1cc(O)ccc1N.